The van der Waals surface area contributed by atoms with Gasteiger partial charge in [-0.2, -0.15) is 0 Å². The van der Waals surface area contributed by atoms with Gasteiger partial charge in [0.05, 0.1) is 0 Å². The number of piperidine rings is 1. The highest BCUT2D eigenvalue weighted by Gasteiger charge is 2.27. The Balaban J connectivity index is 2.12. The number of anilines is 1. The Morgan fingerprint density at radius 2 is 2.29 bits per heavy atom. The third-order valence-corrected chi connectivity index (χ3v) is 4.29. The molecular weight excluding hydrogens is 286 g/mol. The topological polar surface area (TPSA) is 58.4 Å². The van der Waals surface area contributed by atoms with Gasteiger partial charge >= 0.3 is 0 Å². The molecule has 0 aliphatic carbocycles. The summed E-state index contributed by atoms with van der Waals surface area (Å²) in [5.41, 5.74) is 7.59. The minimum absolute atomic E-state index is 0.209. The average molecular weight is 310 g/mol. The van der Waals surface area contributed by atoms with E-state index in [1.165, 1.54) is 0 Å². The summed E-state index contributed by atoms with van der Waals surface area (Å²) in [6.07, 6.45) is 4.06. The summed E-state index contributed by atoms with van der Waals surface area (Å²) in [6.45, 7) is 4.75. The molecule has 21 heavy (non-hydrogen) atoms. The van der Waals surface area contributed by atoms with E-state index < -0.39 is 0 Å². The van der Waals surface area contributed by atoms with Crippen LogP contribution in [-0.2, 0) is 11.3 Å². The number of rotatable bonds is 6. The predicted molar refractivity (Wildman–Crippen MR) is 87.6 cm³/mol. The van der Waals surface area contributed by atoms with Gasteiger partial charge in [0.1, 0.15) is 6.04 Å². The molecule has 1 aliphatic rings. The zero-order valence-corrected chi connectivity index (χ0v) is 13.3. The Morgan fingerprint density at radius 3 is 2.95 bits per heavy atom. The van der Waals surface area contributed by atoms with Gasteiger partial charge in [-0.05, 0) is 49.9 Å². The first-order valence-electron chi connectivity index (χ1n) is 7.68. The molecule has 0 saturated carbocycles. The van der Waals surface area contributed by atoms with Crippen LogP contribution in [0.3, 0.4) is 0 Å². The molecule has 1 aromatic carbocycles. The third kappa shape index (κ3) is 4.11. The number of nitrogens with two attached hydrogens (primary N) is 1. The molecule has 1 saturated heterocycles. The second-order valence-corrected chi connectivity index (χ2v) is 5.97. The first-order valence-corrected chi connectivity index (χ1v) is 8.06. The van der Waals surface area contributed by atoms with Crippen LogP contribution in [0.15, 0.2) is 18.2 Å². The second-order valence-electron chi connectivity index (χ2n) is 5.56. The van der Waals surface area contributed by atoms with Crippen molar-refractivity contribution in [3.63, 3.8) is 0 Å². The molecule has 1 heterocycles. The summed E-state index contributed by atoms with van der Waals surface area (Å²) in [4.78, 5) is 13.7. The molecule has 5 heteroatoms. The first kappa shape index (κ1) is 16.1. The van der Waals surface area contributed by atoms with Crippen molar-refractivity contribution < 1.29 is 4.79 Å². The molecule has 2 rings (SSSR count). The number of amides is 1. The number of nitrogens with zero attached hydrogens (tertiary/aromatic N) is 1. The lowest BCUT2D eigenvalue weighted by atomic mass is 10.0. The maximum atomic E-state index is 11.6. The molecule has 0 radical (unpaired) electrons. The minimum Gasteiger partial charge on any atom is -0.368 e. The van der Waals surface area contributed by atoms with Crippen LogP contribution < -0.4 is 16.0 Å². The molecule has 116 valence electrons. The van der Waals surface area contributed by atoms with Gasteiger partial charge in [-0.3, -0.25) is 4.79 Å². The van der Waals surface area contributed by atoms with Crippen molar-refractivity contribution in [3.8, 4) is 0 Å². The Morgan fingerprint density at radius 1 is 1.48 bits per heavy atom. The summed E-state index contributed by atoms with van der Waals surface area (Å²) in [6, 6.07) is 5.81. The van der Waals surface area contributed by atoms with E-state index in [2.05, 4.69) is 17.1 Å². The van der Waals surface area contributed by atoms with Gasteiger partial charge in [0, 0.05) is 23.8 Å². The molecular formula is C16H24ClN3O. The van der Waals surface area contributed by atoms with E-state index in [0.29, 0.717) is 0 Å². The number of nitrogens with one attached hydrogen (secondary N) is 1. The number of carbonyl (C=O) groups is 1. The first-order chi connectivity index (χ1) is 10.1. The molecule has 1 unspecified atom stereocenters. The largest absolute Gasteiger partial charge is 0.368 e. The van der Waals surface area contributed by atoms with E-state index in [1.54, 1.807) is 0 Å². The fourth-order valence-electron chi connectivity index (χ4n) is 2.79. The van der Waals surface area contributed by atoms with Crippen molar-refractivity contribution in [2.24, 2.45) is 5.73 Å². The Hall–Kier alpha value is -1.26. The lowest BCUT2D eigenvalue weighted by molar-refractivity contribution is -0.119. The van der Waals surface area contributed by atoms with Crippen LogP contribution in [0, 0.1) is 0 Å². The van der Waals surface area contributed by atoms with Crippen LogP contribution in [0.1, 0.15) is 38.2 Å². The Labute approximate surface area is 131 Å². The van der Waals surface area contributed by atoms with Crippen molar-refractivity contribution in [1.82, 2.24) is 5.32 Å². The number of carbonyl (C=O) groups excluding carboxylic acids is 1. The quantitative estimate of drug-likeness (QED) is 0.794. The summed E-state index contributed by atoms with van der Waals surface area (Å²) in [5.74, 6) is -0.250. The van der Waals surface area contributed by atoms with Crippen molar-refractivity contribution in [3.05, 3.63) is 28.8 Å². The minimum atomic E-state index is -0.250. The number of hydrogen-bond acceptors (Lipinski definition) is 3. The van der Waals surface area contributed by atoms with Gasteiger partial charge in [-0.25, -0.2) is 0 Å². The van der Waals surface area contributed by atoms with Crippen LogP contribution >= 0.6 is 11.6 Å². The highest BCUT2D eigenvalue weighted by molar-refractivity contribution is 6.31. The van der Waals surface area contributed by atoms with Crippen LogP contribution in [-0.4, -0.2) is 25.0 Å². The van der Waals surface area contributed by atoms with Gasteiger partial charge in [0.25, 0.3) is 0 Å². The third-order valence-electron chi connectivity index (χ3n) is 3.94. The van der Waals surface area contributed by atoms with Crippen LogP contribution in [0.2, 0.25) is 5.02 Å². The predicted octanol–water partition coefficient (Wildman–Crippen LogP) is 2.68. The molecule has 3 N–H and O–H groups in total. The smallest absolute Gasteiger partial charge is 0.240 e. The van der Waals surface area contributed by atoms with Gasteiger partial charge in [0.2, 0.25) is 5.91 Å². The van der Waals surface area contributed by atoms with Gasteiger partial charge in [-0.1, -0.05) is 24.6 Å². The highest BCUT2D eigenvalue weighted by Crippen LogP contribution is 2.28. The fraction of sp³-hybridized carbons (Fsp3) is 0.562. The van der Waals surface area contributed by atoms with E-state index in [0.717, 1.165) is 61.6 Å². The molecule has 0 spiro atoms. The number of halogens is 1. The highest BCUT2D eigenvalue weighted by atomic mass is 35.5. The summed E-state index contributed by atoms with van der Waals surface area (Å²) >= 11 is 6.37. The Bertz CT molecular complexity index is 492. The van der Waals surface area contributed by atoms with E-state index in [-0.39, 0.29) is 11.9 Å². The van der Waals surface area contributed by atoms with Crippen LogP contribution in [0.4, 0.5) is 5.69 Å². The molecule has 1 fully saturated rings. The summed E-state index contributed by atoms with van der Waals surface area (Å²) < 4.78 is 0. The number of primary amides is 1. The fourth-order valence-corrected chi connectivity index (χ4v) is 3.04. The number of hydrogen-bond donors (Lipinski definition) is 2. The summed E-state index contributed by atoms with van der Waals surface area (Å²) in [5, 5.41) is 4.09. The molecule has 0 aromatic heterocycles. The van der Waals surface area contributed by atoms with Crippen molar-refractivity contribution in [2.75, 3.05) is 18.0 Å². The molecule has 1 aromatic rings. The zero-order valence-electron chi connectivity index (χ0n) is 12.6. The van der Waals surface area contributed by atoms with E-state index in [9.17, 15) is 4.79 Å². The van der Waals surface area contributed by atoms with Crippen molar-refractivity contribution in [1.29, 1.82) is 0 Å². The maximum absolute atomic E-state index is 11.6. The van der Waals surface area contributed by atoms with E-state index in [1.807, 2.05) is 18.2 Å². The van der Waals surface area contributed by atoms with Crippen molar-refractivity contribution >= 4 is 23.2 Å². The number of benzene rings is 1. The van der Waals surface area contributed by atoms with E-state index in [4.69, 9.17) is 17.3 Å². The second kappa shape index (κ2) is 7.66. The van der Waals surface area contributed by atoms with Gasteiger partial charge < -0.3 is 16.0 Å². The Kier molecular flexibility index (Phi) is 5.88. The standard InChI is InChI=1S/C16H24ClN3O/c1-2-8-19-11-12-6-7-13(10-14(12)17)20-9-4-3-5-15(20)16(18)21/h6-7,10,15,19H,2-5,8-9,11H2,1H3,(H2,18,21). The normalized spacial score (nSPS) is 18.8. The zero-order chi connectivity index (χ0) is 15.2. The molecule has 1 atom stereocenters. The lowest BCUT2D eigenvalue weighted by Gasteiger charge is -2.35. The van der Waals surface area contributed by atoms with Gasteiger partial charge in [-0.15, -0.1) is 0 Å². The van der Waals surface area contributed by atoms with Crippen molar-refractivity contribution in [2.45, 2.75) is 45.2 Å². The summed E-state index contributed by atoms with van der Waals surface area (Å²) in [7, 11) is 0. The van der Waals surface area contributed by atoms with Gasteiger partial charge in [0.15, 0.2) is 0 Å². The van der Waals surface area contributed by atoms with E-state index >= 15 is 0 Å². The monoisotopic (exact) mass is 309 g/mol. The van der Waals surface area contributed by atoms with Crippen LogP contribution in [0.5, 0.6) is 0 Å². The average Bonchev–Trinajstić information content (AvgIpc) is 2.49. The molecule has 4 nitrogen and oxygen atoms in total. The molecule has 1 amide bonds. The molecule has 1 aliphatic heterocycles. The lowest BCUT2D eigenvalue weighted by Crippen LogP contribution is -2.47. The van der Waals surface area contributed by atoms with Crippen LogP contribution in [0.25, 0.3) is 0 Å². The SMILES string of the molecule is CCCNCc1ccc(N2CCCCC2C(N)=O)cc1Cl. The molecule has 0 bridgehead atoms. The maximum Gasteiger partial charge on any atom is 0.240 e.